The minimum Gasteiger partial charge on any atom is -0.481 e. The van der Waals surface area contributed by atoms with Crippen LogP contribution < -0.4 is 10.6 Å². The Labute approximate surface area is 278 Å². The van der Waals surface area contributed by atoms with Gasteiger partial charge in [-0.3, -0.25) is 33.8 Å². The molecule has 2 aliphatic rings. The molecule has 4 amide bonds. The van der Waals surface area contributed by atoms with Crippen molar-refractivity contribution in [1.82, 2.24) is 20.7 Å². The molecule has 1 unspecified atom stereocenters. The van der Waals surface area contributed by atoms with Crippen molar-refractivity contribution in [3.8, 4) is 0 Å². The van der Waals surface area contributed by atoms with E-state index in [0.29, 0.717) is 6.42 Å². The number of carboxylic acids is 1. The molecule has 47 heavy (non-hydrogen) atoms. The van der Waals surface area contributed by atoms with E-state index in [1.165, 1.54) is 42.7 Å². The summed E-state index contributed by atoms with van der Waals surface area (Å²) in [4.78, 5) is 91.3. The monoisotopic (exact) mass is 690 g/mol. The van der Waals surface area contributed by atoms with Gasteiger partial charge in [-0.15, -0.1) is 6.58 Å². The number of furan rings is 1. The summed E-state index contributed by atoms with van der Waals surface area (Å²) in [5, 5.41) is 16.9. The fourth-order valence-electron chi connectivity index (χ4n) is 5.37. The van der Waals surface area contributed by atoms with Gasteiger partial charge in [0.05, 0.1) is 33.8 Å². The Morgan fingerprint density at radius 3 is 2.47 bits per heavy atom. The van der Waals surface area contributed by atoms with Gasteiger partial charge in [-0.05, 0) is 56.4 Å². The van der Waals surface area contributed by atoms with Crippen molar-refractivity contribution in [3.05, 3.63) is 70.6 Å². The molecule has 0 aliphatic carbocycles. The number of hydrogen-bond donors (Lipinski definition) is 3. The average molecular weight is 692 g/mol. The van der Waals surface area contributed by atoms with Gasteiger partial charge >= 0.3 is 11.9 Å². The number of nitrogens with one attached hydrogen (secondary N) is 2. The molecule has 0 bridgehead atoms. The average Bonchev–Trinajstić information content (AvgIpc) is 3.56. The van der Waals surface area contributed by atoms with E-state index >= 15 is 0 Å². The normalized spacial score (nSPS) is 19.1. The molecule has 2 saturated heterocycles. The number of nitrogens with zero attached hydrogens (tertiary/aromatic N) is 2. The highest BCUT2D eigenvalue weighted by Gasteiger charge is 2.45. The number of hydrogen-bond acceptors (Lipinski definition) is 9. The highest BCUT2D eigenvalue weighted by molar-refractivity contribution is 6.39. The number of allylic oxidation sites excluding steroid dienone is 1. The van der Waals surface area contributed by atoms with E-state index in [-0.39, 0.29) is 53.6 Å². The van der Waals surface area contributed by atoms with Crippen LogP contribution in [0.1, 0.15) is 59.4 Å². The molecule has 3 N–H and O–H groups in total. The summed E-state index contributed by atoms with van der Waals surface area (Å²) in [6, 6.07) is 3.26. The van der Waals surface area contributed by atoms with Crippen molar-refractivity contribution in [2.24, 2.45) is 5.92 Å². The number of carbonyl (C=O) groups is 7. The smallest absolute Gasteiger partial charge is 0.341 e. The number of halogens is 2. The van der Waals surface area contributed by atoms with Crippen LogP contribution in [0.4, 0.5) is 0 Å². The highest BCUT2D eigenvalue weighted by atomic mass is 35.5. The molecule has 14 nitrogen and oxygen atoms in total. The van der Waals surface area contributed by atoms with Crippen molar-refractivity contribution in [1.29, 1.82) is 0 Å². The predicted octanol–water partition coefficient (Wildman–Crippen LogP) is 2.79. The van der Waals surface area contributed by atoms with Crippen LogP contribution in [0.5, 0.6) is 0 Å². The fourth-order valence-corrected chi connectivity index (χ4v) is 5.92. The number of Topliss-reactive ketones (excluding diaryl/α,β-unsaturated/α-hetero) is 1. The Balaban J connectivity index is 1.55. The second kappa shape index (κ2) is 15.7. The summed E-state index contributed by atoms with van der Waals surface area (Å²) in [6.07, 6.45) is 2.49. The Morgan fingerprint density at radius 2 is 1.83 bits per heavy atom. The lowest BCUT2D eigenvalue weighted by atomic mass is 9.94. The third kappa shape index (κ3) is 8.37. The number of esters is 1. The fraction of sp³-hybridized carbons (Fsp3) is 0.387. The van der Waals surface area contributed by atoms with E-state index in [0.717, 1.165) is 10.0 Å². The number of ketones is 1. The number of hydrazine groups is 1. The molecule has 4 atom stereocenters. The summed E-state index contributed by atoms with van der Waals surface area (Å²) in [5.74, 6) is -7.03. The summed E-state index contributed by atoms with van der Waals surface area (Å²) >= 11 is 12.1. The number of carboxylic acid groups (broad SMARTS) is 1. The Bertz CT molecular complexity index is 1540. The molecule has 2 aliphatic heterocycles. The van der Waals surface area contributed by atoms with Crippen molar-refractivity contribution in [2.45, 2.75) is 56.7 Å². The minimum absolute atomic E-state index is 0.0195. The molecule has 3 heterocycles. The van der Waals surface area contributed by atoms with Crippen LogP contribution in [0.2, 0.25) is 10.0 Å². The first-order chi connectivity index (χ1) is 22.4. The molecule has 0 spiro atoms. The van der Waals surface area contributed by atoms with E-state index in [1.807, 2.05) is 0 Å². The van der Waals surface area contributed by atoms with Gasteiger partial charge in [0.25, 0.3) is 11.8 Å². The second-order valence-electron chi connectivity index (χ2n) is 10.9. The third-order valence-corrected chi connectivity index (χ3v) is 8.38. The zero-order valence-corrected chi connectivity index (χ0v) is 26.5. The quantitative estimate of drug-likeness (QED) is 0.208. The van der Waals surface area contributed by atoms with Gasteiger partial charge in [-0.2, -0.15) is 0 Å². The molecule has 4 rings (SSSR count). The van der Waals surface area contributed by atoms with Crippen molar-refractivity contribution >= 4 is 64.6 Å². The van der Waals surface area contributed by atoms with Gasteiger partial charge in [0.2, 0.25) is 11.8 Å². The number of ether oxygens (including phenoxy) is 1. The van der Waals surface area contributed by atoms with Crippen LogP contribution in [0, 0.1) is 5.92 Å². The molecular formula is C31H32Cl2N4O10. The topological polar surface area (TPSA) is 193 Å². The van der Waals surface area contributed by atoms with Gasteiger partial charge < -0.3 is 24.9 Å². The van der Waals surface area contributed by atoms with E-state index in [9.17, 15) is 38.7 Å². The Hall–Kier alpha value is -4.69. The number of fused-ring (bicyclic) bond motifs is 1. The SMILES string of the molecule is C=CCC(C[C@H](NC(=O)[C@@H]1CCCN2C(=O)CC[C@H](NC(=O)c3ccco3)C(=O)N12)C(=O)COC(=O)c1c(Cl)cccc1Cl)C(=O)O. The first-order valence-corrected chi connectivity index (χ1v) is 15.4. The van der Waals surface area contributed by atoms with Crippen LogP contribution in [0.25, 0.3) is 0 Å². The maximum atomic E-state index is 13.8. The van der Waals surface area contributed by atoms with Crippen LogP contribution in [0.15, 0.2) is 53.7 Å². The molecule has 1 aromatic heterocycles. The summed E-state index contributed by atoms with van der Waals surface area (Å²) in [6.45, 7) is 2.81. The number of carbonyl (C=O) groups excluding carboxylic acids is 6. The van der Waals surface area contributed by atoms with Crippen molar-refractivity contribution in [2.75, 3.05) is 13.2 Å². The highest BCUT2D eigenvalue weighted by Crippen LogP contribution is 2.27. The van der Waals surface area contributed by atoms with E-state index in [4.69, 9.17) is 32.4 Å². The first-order valence-electron chi connectivity index (χ1n) is 14.7. The summed E-state index contributed by atoms with van der Waals surface area (Å²) < 4.78 is 10.2. The van der Waals surface area contributed by atoms with E-state index < -0.39 is 78.4 Å². The van der Waals surface area contributed by atoms with E-state index in [2.05, 4.69) is 17.2 Å². The van der Waals surface area contributed by atoms with Crippen molar-refractivity contribution < 1.29 is 47.8 Å². The molecule has 0 radical (unpaired) electrons. The lowest BCUT2D eigenvalue weighted by Gasteiger charge is -2.43. The van der Waals surface area contributed by atoms with Gasteiger partial charge in [0.15, 0.2) is 18.2 Å². The number of benzene rings is 1. The maximum Gasteiger partial charge on any atom is 0.341 e. The molecule has 0 saturated carbocycles. The second-order valence-corrected chi connectivity index (χ2v) is 11.7. The van der Waals surface area contributed by atoms with Crippen LogP contribution in [0.3, 0.4) is 0 Å². The Morgan fingerprint density at radius 1 is 1.11 bits per heavy atom. The molecule has 1 aromatic carbocycles. The summed E-state index contributed by atoms with van der Waals surface area (Å²) in [5.41, 5.74) is -0.181. The summed E-state index contributed by atoms with van der Waals surface area (Å²) in [7, 11) is 0. The third-order valence-electron chi connectivity index (χ3n) is 7.75. The Kier molecular flexibility index (Phi) is 11.8. The number of aliphatic carboxylic acids is 1. The van der Waals surface area contributed by atoms with Gasteiger partial charge in [-0.25, -0.2) is 9.80 Å². The van der Waals surface area contributed by atoms with Gasteiger partial charge in [0, 0.05) is 13.0 Å². The number of amides is 4. The minimum atomic E-state index is -1.49. The number of rotatable bonds is 13. The standard InChI is InChI=1S/C31H32Cl2N4O10/c1-2-6-17(30(43)44)15-21(23(38)16-47-31(45)26-18(32)7-3-8-19(26)33)35-27(40)22-9-4-13-36-25(39)12-11-20(29(42)37(22)36)34-28(41)24-10-5-14-46-24/h2-3,5,7-8,10,14,17,20-22H,1,4,6,9,11-13,15-16H2,(H,34,41)(H,35,40)(H,43,44)/t17?,20-,21-,22-/m0/s1. The van der Waals surface area contributed by atoms with Crippen LogP contribution in [-0.2, 0) is 28.7 Å². The molecule has 2 aromatic rings. The molecule has 250 valence electrons. The van der Waals surface area contributed by atoms with Gasteiger partial charge in [-0.1, -0.05) is 35.3 Å². The predicted molar refractivity (Wildman–Crippen MR) is 165 cm³/mol. The first kappa shape index (κ1) is 35.2. The van der Waals surface area contributed by atoms with Crippen LogP contribution >= 0.6 is 23.2 Å². The lowest BCUT2D eigenvalue weighted by Crippen LogP contribution is -2.64. The largest absolute Gasteiger partial charge is 0.481 e. The maximum absolute atomic E-state index is 13.8. The molecule has 2 fully saturated rings. The molecular weight excluding hydrogens is 659 g/mol. The lowest BCUT2D eigenvalue weighted by molar-refractivity contribution is -0.176. The molecule has 16 heteroatoms. The van der Waals surface area contributed by atoms with E-state index in [1.54, 1.807) is 0 Å². The zero-order chi connectivity index (χ0) is 34.2. The van der Waals surface area contributed by atoms with Crippen molar-refractivity contribution in [3.63, 3.8) is 0 Å². The van der Waals surface area contributed by atoms with Gasteiger partial charge in [0.1, 0.15) is 12.1 Å². The van der Waals surface area contributed by atoms with Crippen LogP contribution in [-0.4, -0.2) is 87.8 Å². The zero-order valence-electron chi connectivity index (χ0n) is 25.0.